The summed E-state index contributed by atoms with van der Waals surface area (Å²) in [5.41, 5.74) is 3.43. The van der Waals surface area contributed by atoms with E-state index in [1.807, 2.05) is 25.2 Å². The predicted molar refractivity (Wildman–Crippen MR) is 78.1 cm³/mol. The van der Waals surface area contributed by atoms with Crippen molar-refractivity contribution in [2.45, 2.75) is 32.1 Å². The molecule has 1 aromatic carbocycles. The second-order valence-corrected chi connectivity index (χ2v) is 5.21. The summed E-state index contributed by atoms with van der Waals surface area (Å²) in [7, 11) is 3.63. The summed E-state index contributed by atoms with van der Waals surface area (Å²) in [6, 6.07) is 8.53. The highest BCUT2D eigenvalue weighted by Gasteiger charge is 2.23. The van der Waals surface area contributed by atoms with Crippen molar-refractivity contribution in [3.63, 3.8) is 0 Å². The van der Waals surface area contributed by atoms with E-state index in [2.05, 4.69) is 16.5 Å². The van der Waals surface area contributed by atoms with Crippen molar-refractivity contribution in [1.82, 2.24) is 10.5 Å². The Morgan fingerprint density at radius 3 is 3.10 bits per heavy atom. The Kier molecular flexibility index (Phi) is 4.22. The van der Waals surface area contributed by atoms with E-state index in [4.69, 9.17) is 14.0 Å². The van der Waals surface area contributed by atoms with Crippen LogP contribution >= 0.6 is 0 Å². The predicted octanol–water partition coefficient (Wildman–Crippen LogP) is 2.61. The number of nitrogens with zero attached hydrogens (tertiary/aromatic N) is 1. The number of fused-ring (bicyclic) bond motifs is 1. The van der Waals surface area contributed by atoms with Crippen LogP contribution in [0.4, 0.5) is 0 Å². The van der Waals surface area contributed by atoms with Gasteiger partial charge in [0.1, 0.15) is 24.7 Å². The van der Waals surface area contributed by atoms with Gasteiger partial charge in [0.15, 0.2) is 5.76 Å². The standard InChI is InChI=1S/C16H20N2O3/c1-17-15-7-6-14-13(15)4-3-5-16(14)20-9-11-8-12(10-19-2)21-18-11/h3-5,8,15,17H,6-7,9-10H2,1-2H3. The van der Waals surface area contributed by atoms with Crippen molar-refractivity contribution < 1.29 is 14.0 Å². The minimum atomic E-state index is 0.411. The molecule has 0 fully saturated rings. The molecule has 0 radical (unpaired) electrons. The summed E-state index contributed by atoms with van der Waals surface area (Å²) in [6.45, 7) is 0.839. The van der Waals surface area contributed by atoms with E-state index in [0.29, 0.717) is 25.0 Å². The number of ether oxygens (including phenoxy) is 2. The Bertz CT molecular complexity index is 609. The number of methoxy groups -OCH3 is 1. The summed E-state index contributed by atoms with van der Waals surface area (Å²) < 4.78 is 16.1. The number of rotatable bonds is 6. The van der Waals surface area contributed by atoms with Crippen LogP contribution in [0.25, 0.3) is 0 Å². The summed E-state index contributed by atoms with van der Waals surface area (Å²) in [5.74, 6) is 1.66. The molecule has 5 nitrogen and oxygen atoms in total. The Labute approximate surface area is 124 Å². The normalized spacial score (nSPS) is 17.0. The van der Waals surface area contributed by atoms with E-state index in [-0.39, 0.29) is 0 Å². The number of hydrogen-bond acceptors (Lipinski definition) is 5. The van der Waals surface area contributed by atoms with Gasteiger partial charge in [0.2, 0.25) is 0 Å². The zero-order valence-corrected chi connectivity index (χ0v) is 12.4. The van der Waals surface area contributed by atoms with Gasteiger partial charge < -0.3 is 19.3 Å². The van der Waals surface area contributed by atoms with Crippen molar-refractivity contribution in [3.05, 3.63) is 46.8 Å². The second-order valence-electron chi connectivity index (χ2n) is 5.21. The van der Waals surface area contributed by atoms with Crippen molar-refractivity contribution in [3.8, 4) is 5.75 Å². The van der Waals surface area contributed by atoms with Gasteiger partial charge in [0, 0.05) is 19.2 Å². The fourth-order valence-electron chi connectivity index (χ4n) is 2.84. The average Bonchev–Trinajstić information content (AvgIpc) is 3.12. The van der Waals surface area contributed by atoms with Gasteiger partial charge in [-0.25, -0.2) is 0 Å². The van der Waals surface area contributed by atoms with Gasteiger partial charge in [-0.3, -0.25) is 0 Å². The average molecular weight is 288 g/mol. The summed E-state index contributed by atoms with van der Waals surface area (Å²) in [5, 5.41) is 7.32. The van der Waals surface area contributed by atoms with Crippen LogP contribution in [0.5, 0.6) is 5.75 Å². The molecule has 1 atom stereocenters. The minimum Gasteiger partial charge on any atom is -0.487 e. The third-order valence-electron chi connectivity index (χ3n) is 3.85. The minimum absolute atomic E-state index is 0.411. The molecule has 0 bridgehead atoms. The third-order valence-corrected chi connectivity index (χ3v) is 3.85. The quantitative estimate of drug-likeness (QED) is 0.885. The van der Waals surface area contributed by atoms with E-state index in [1.54, 1.807) is 7.11 Å². The first-order valence-electron chi connectivity index (χ1n) is 7.17. The van der Waals surface area contributed by atoms with Gasteiger partial charge >= 0.3 is 0 Å². The monoisotopic (exact) mass is 288 g/mol. The largest absolute Gasteiger partial charge is 0.487 e. The lowest BCUT2D eigenvalue weighted by Crippen LogP contribution is -2.12. The molecule has 1 aliphatic carbocycles. The molecular weight excluding hydrogens is 268 g/mol. The molecule has 0 saturated heterocycles. The van der Waals surface area contributed by atoms with E-state index >= 15 is 0 Å². The second kappa shape index (κ2) is 6.28. The van der Waals surface area contributed by atoms with Crippen molar-refractivity contribution in [1.29, 1.82) is 0 Å². The van der Waals surface area contributed by atoms with Gasteiger partial charge in [-0.2, -0.15) is 0 Å². The molecule has 1 unspecified atom stereocenters. The lowest BCUT2D eigenvalue weighted by atomic mass is 10.1. The smallest absolute Gasteiger partial charge is 0.162 e. The van der Waals surface area contributed by atoms with Crippen molar-refractivity contribution in [2.75, 3.05) is 14.2 Å². The Hall–Kier alpha value is -1.85. The number of hydrogen-bond donors (Lipinski definition) is 1. The maximum atomic E-state index is 5.93. The fraction of sp³-hybridized carbons (Fsp3) is 0.438. The molecule has 0 amide bonds. The van der Waals surface area contributed by atoms with Crippen LogP contribution in [-0.4, -0.2) is 19.3 Å². The van der Waals surface area contributed by atoms with Crippen LogP contribution < -0.4 is 10.1 Å². The molecule has 0 spiro atoms. The highest BCUT2D eigenvalue weighted by Crippen LogP contribution is 2.36. The van der Waals surface area contributed by atoms with Gasteiger partial charge in [0.25, 0.3) is 0 Å². The summed E-state index contributed by atoms with van der Waals surface area (Å²) in [6.07, 6.45) is 2.17. The van der Waals surface area contributed by atoms with Crippen LogP contribution in [-0.2, 0) is 24.4 Å². The first kappa shape index (κ1) is 14.1. The van der Waals surface area contributed by atoms with Crippen molar-refractivity contribution >= 4 is 0 Å². The van der Waals surface area contributed by atoms with E-state index in [9.17, 15) is 0 Å². The Balaban J connectivity index is 1.69. The zero-order chi connectivity index (χ0) is 14.7. The first-order valence-corrected chi connectivity index (χ1v) is 7.17. The molecular formula is C16H20N2O3. The summed E-state index contributed by atoms with van der Waals surface area (Å²) >= 11 is 0. The number of nitrogens with one attached hydrogen (secondary N) is 1. The highest BCUT2D eigenvalue weighted by atomic mass is 16.5. The Morgan fingerprint density at radius 2 is 2.29 bits per heavy atom. The molecule has 2 aromatic rings. The summed E-state index contributed by atoms with van der Waals surface area (Å²) in [4.78, 5) is 0. The third kappa shape index (κ3) is 2.94. The van der Waals surface area contributed by atoms with E-state index in [0.717, 1.165) is 24.3 Å². The lowest BCUT2D eigenvalue weighted by molar-refractivity contribution is 0.155. The van der Waals surface area contributed by atoms with Crippen molar-refractivity contribution in [2.24, 2.45) is 0 Å². The Morgan fingerprint density at radius 1 is 1.38 bits per heavy atom. The van der Waals surface area contributed by atoms with Gasteiger partial charge in [-0.1, -0.05) is 17.3 Å². The molecule has 3 rings (SSSR count). The van der Waals surface area contributed by atoms with Crippen LogP contribution in [0.15, 0.2) is 28.8 Å². The molecule has 112 valence electrons. The van der Waals surface area contributed by atoms with Gasteiger partial charge in [-0.15, -0.1) is 0 Å². The number of benzene rings is 1. The maximum Gasteiger partial charge on any atom is 0.162 e. The fourth-order valence-corrected chi connectivity index (χ4v) is 2.84. The lowest BCUT2D eigenvalue weighted by Gasteiger charge is -2.12. The molecule has 0 saturated carbocycles. The molecule has 0 aliphatic heterocycles. The van der Waals surface area contributed by atoms with Crippen LogP contribution in [0, 0.1) is 0 Å². The highest BCUT2D eigenvalue weighted by molar-refractivity contribution is 5.45. The molecule has 1 aromatic heterocycles. The maximum absolute atomic E-state index is 5.93. The molecule has 1 N–H and O–H groups in total. The van der Waals surface area contributed by atoms with E-state index in [1.165, 1.54) is 11.1 Å². The topological polar surface area (TPSA) is 56.5 Å². The SMILES string of the molecule is CNC1CCc2c(OCc3cc(COC)on3)cccc21. The zero-order valence-electron chi connectivity index (χ0n) is 12.4. The van der Waals surface area contributed by atoms with Crippen LogP contribution in [0.1, 0.15) is 35.0 Å². The van der Waals surface area contributed by atoms with E-state index < -0.39 is 0 Å². The molecule has 5 heteroatoms. The number of aromatic nitrogens is 1. The van der Waals surface area contributed by atoms with Crippen LogP contribution in [0.2, 0.25) is 0 Å². The molecule has 21 heavy (non-hydrogen) atoms. The van der Waals surface area contributed by atoms with Crippen LogP contribution in [0.3, 0.4) is 0 Å². The molecule has 1 heterocycles. The molecule has 1 aliphatic rings. The van der Waals surface area contributed by atoms with Gasteiger partial charge in [-0.05, 0) is 37.1 Å². The first-order chi connectivity index (χ1) is 10.3. The van der Waals surface area contributed by atoms with Gasteiger partial charge in [0.05, 0.1) is 0 Å².